The number of hydrogen-bond acceptors (Lipinski definition) is 2. The minimum absolute atomic E-state index is 0.185. The number of anilines is 1. The van der Waals surface area contributed by atoms with Crippen LogP contribution in [0.2, 0.25) is 5.02 Å². The first-order valence-corrected chi connectivity index (χ1v) is 6.50. The highest BCUT2D eigenvalue weighted by molar-refractivity contribution is 6.33. The first kappa shape index (κ1) is 15.3. The maximum atomic E-state index is 14.0. The number of rotatable bonds is 4. The van der Waals surface area contributed by atoms with Crippen molar-refractivity contribution in [2.75, 3.05) is 5.32 Å². The number of halogens is 3. The van der Waals surface area contributed by atoms with Crippen molar-refractivity contribution < 1.29 is 13.6 Å². The van der Waals surface area contributed by atoms with E-state index in [1.165, 1.54) is 6.92 Å². The molecule has 0 saturated carbocycles. The molecule has 3 nitrogen and oxygen atoms in total. The van der Waals surface area contributed by atoms with Crippen molar-refractivity contribution in [3.8, 4) is 0 Å². The molecular formula is C15H13ClF2N2O. The van der Waals surface area contributed by atoms with Crippen LogP contribution in [0.4, 0.5) is 14.5 Å². The molecule has 2 aromatic carbocycles. The largest absolute Gasteiger partial charge is 0.367 e. The van der Waals surface area contributed by atoms with Gasteiger partial charge in [-0.15, -0.1) is 0 Å². The van der Waals surface area contributed by atoms with E-state index in [1.807, 2.05) is 0 Å². The molecule has 1 atom stereocenters. The van der Waals surface area contributed by atoms with Gasteiger partial charge < -0.3 is 11.1 Å². The Balaban J connectivity index is 2.53. The molecule has 0 aliphatic carbocycles. The van der Waals surface area contributed by atoms with Gasteiger partial charge in [-0.3, -0.25) is 4.79 Å². The number of primary amides is 1. The lowest BCUT2D eigenvalue weighted by atomic mass is 9.90. The molecule has 0 bridgehead atoms. The van der Waals surface area contributed by atoms with Gasteiger partial charge in [0.25, 0.3) is 0 Å². The Kier molecular flexibility index (Phi) is 4.14. The van der Waals surface area contributed by atoms with E-state index in [9.17, 15) is 13.6 Å². The Morgan fingerprint density at radius 1 is 1.24 bits per heavy atom. The van der Waals surface area contributed by atoms with Crippen molar-refractivity contribution in [2.45, 2.75) is 12.5 Å². The fraction of sp³-hybridized carbons (Fsp3) is 0.133. The Bertz CT molecular complexity index is 693. The second-order valence-corrected chi connectivity index (χ2v) is 5.13. The molecule has 21 heavy (non-hydrogen) atoms. The SMILES string of the molecule is CC(Nc1ccccc1Cl)(C(N)=O)c1cc(F)ccc1F. The summed E-state index contributed by atoms with van der Waals surface area (Å²) in [4.78, 5) is 11.8. The van der Waals surface area contributed by atoms with Crippen LogP contribution in [-0.4, -0.2) is 5.91 Å². The van der Waals surface area contributed by atoms with Crippen LogP contribution in [0.25, 0.3) is 0 Å². The van der Waals surface area contributed by atoms with Crippen molar-refractivity contribution >= 4 is 23.2 Å². The quantitative estimate of drug-likeness (QED) is 0.909. The highest BCUT2D eigenvalue weighted by Crippen LogP contribution is 2.31. The van der Waals surface area contributed by atoms with Crippen LogP contribution in [0.1, 0.15) is 12.5 Å². The molecule has 0 spiro atoms. The maximum Gasteiger partial charge on any atom is 0.247 e. The van der Waals surface area contributed by atoms with Crippen LogP contribution >= 0.6 is 11.6 Å². The van der Waals surface area contributed by atoms with Crippen molar-refractivity contribution in [3.05, 3.63) is 64.7 Å². The van der Waals surface area contributed by atoms with E-state index < -0.39 is 23.1 Å². The molecule has 0 aliphatic rings. The fourth-order valence-electron chi connectivity index (χ4n) is 1.97. The third-order valence-corrected chi connectivity index (χ3v) is 3.55. The number of benzene rings is 2. The molecule has 6 heteroatoms. The molecule has 2 aromatic rings. The first-order chi connectivity index (χ1) is 9.84. The van der Waals surface area contributed by atoms with E-state index in [0.29, 0.717) is 10.7 Å². The third kappa shape index (κ3) is 2.97. The van der Waals surface area contributed by atoms with Gasteiger partial charge in [0.05, 0.1) is 10.7 Å². The number of nitrogens with one attached hydrogen (secondary N) is 1. The van der Waals surface area contributed by atoms with Gasteiger partial charge in [0.15, 0.2) is 0 Å². The molecule has 0 saturated heterocycles. The number of nitrogens with two attached hydrogens (primary N) is 1. The van der Waals surface area contributed by atoms with Crippen LogP contribution in [0.5, 0.6) is 0 Å². The van der Waals surface area contributed by atoms with E-state index >= 15 is 0 Å². The average Bonchev–Trinajstić information content (AvgIpc) is 2.43. The lowest BCUT2D eigenvalue weighted by Gasteiger charge is -2.30. The normalized spacial score (nSPS) is 13.5. The number of para-hydroxylation sites is 1. The standard InChI is InChI=1S/C15H13ClF2N2O/c1-15(14(19)21,10-8-9(17)6-7-12(10)18)20-13-5-3-2-4-11(13)16/h2-8,20H,1H3,(H2,19,21). The molecule has 0 aliphatic heterocycles. The van der Waals surface area contributed by atoms with Gasteiger partial charge in [0.2, 0.25) is 5.91 Å². The van der Waals surface area contributed by atoms with Crippen molar-refractivity contribution in [2.24, 2.45) is 5.73 Å². The second kappa shape index (κ2) is 5.69. The van der Waals surface area contributed by atoms with Gasteiger partial charge in [-0.05, 0) is 37.3 Å². The molecule has 0 fully saturated rings. The molecule has 110 valence electrons. The summed E-state index contributed by atoms with van der Waals surface area (Å²) in [6.45, 7) is 1.37. The Morgan fingerprint density at radius 3 is 2.52 bits per heavy atom. The lowest BCUT2D eigenvalue weighted by Crippen LogP contribution is -2.46. The Labute approximate surface area is 125 Å². The van der Waals surface area contributed by atoms with E-state index in [4.69, 9.17) is 17.3 Å². The van der Waals surface area contributed by atoms with Crippen molar-refractivity contribution in [1.82, 2.24) is 0 Å². The summed E-state index contributed by atoms with van der Waals surface area (Å²) in [6, 6.07) is 9.46. The van der Waals surface area contributed by atoms with Gasteiger partial charge >= 0.3 is 0 Å². The molecule has 0 aromatic heterocycles. The zero-order valence-electron chi connectivity index (χ0n) is 11.2. The highest BCUT2D eigenvalue weighted by atomic mass is 35.5. The predicted octanol–water partition coefficient (Wildman–Crippen LogP) is 3.43. The minimum atomic E-state index is -1.64. The average molecular weight is 311 g/mol. The Morgan fingerprint density at radius 2 is 1.90 bits per heavy atom. The molecule has 0 heterocycles. The van der Waals surface area contributed by atoms with Gasteiger partial charge in [-0.2, -0.15) is 0 Å². The van der Waals surface area contributed by atoms with E-state index in [1.54, 1.807) is 24.3 Å². The summed E-state index contributed by atoms with van der Waals surface area (Å²) in [5.74, 6) is -2.26. The van der Waals surface area contributed by atoms with Gasteiger partial charge in [-0.25, -0.2) is 8.78 Å². The monoisotopic (exact) mass is 310 g/mol. The molecule has 3 N–H and O–H groups in total. The zero-order valence-corrected chi connectivity index (χ0v) is 11.9. The number of amides is 1. The summed E-state index contributed by atoms with van der Waals surface area (Å²) in [6.07, 6.45) is 0. The van der Waals surface area contributed by atoms with Crippen LogP contribution < -0.4 is 11.1 Å². The van der Waals surface area contributed by atoms with Crippen LogP contribution in [-0.2, 0) is 10.3 Å². The fourth-order valence-corrected chi connectivity index (χ4v) is 2.16. The Hall–Kier alpha value is -2.14. The van der Waals surface area contributed by atoms with Gasteiger partial charge in [0, 0.05) is 5.56 Å². The summed E-state index contributed by atoms with van der Waals surface area (Å²) >= 11 is 6.01. The van der Waals surface area contributed by atoms with Crippen LogP contribution in [0.15, 0.2) is 42.5 Å². The number of carbonyl (C=O) groups excluding carboxylic acids is 1. The maximum absolute atomic E-state index is 14.0. The van der Waals surface area contributed by atoms with E-state index in [0.717, 1.165) is 18.2 Å². The lowest BCUT2D eigenvalue weighted by molar-refractivity contribution is -0.122. The van der Waals surface area contributed by atoms with Crippen LogP contribution in [0.3, 0.4) is 0 Å². The zero-order chi connectivity index (χ0) is 15.6. The highest BCUT2D eigenvalue weighted by Gasteiger charge is 2.36. The molecule has 0 radical (unpaired) electrons. The number of hydrogen-bond donors (Lipinski definition) is 2. The summed E-state index contributed by atoms with van der Waals surface area (Å²) < 4.78 is 27.4. The summed E-state index contributed by atoms with van der Waals surface area (Å²) in [5.41, 5.74) is 3.95. The van der Waals surface area contributed by atoms with E-state index in [-0.39, 0.29) is 5.56 Å². The minimum Gasteiger partial charge on any atom is -0.367 e. The van der Waals surface area contributed by atoms with Crippen LogP contribution in [0, 0.1) is 11.6 Å². The third-order valence-electron chi connectivity index (χ3n) is 3.22. The molecule has 1 amide bonds. The predicted molar refractivity (Wildman–Crippen MR) is 78.0 cm³/mol. The van der Waals surface area contributed by atoms with Gasteiger partial charge in [-0.1, -0.05) is 23.7 Å². The number of carbonyl (C=O) groups is 1. The smallest absolute Gasteiger partial charge is 0.247 e. The molecular weight excluding hydrogens is 298 g/mol. The molecule has 2 rings (SSSR count). The second-order valence-electron chi connectivity index (χ2n) is 4.72. The molecule has 1 unspecified atom stereocenters. The summed E-state index contributed by atoms with van der Waals surface area (Å²) in [7, 11) is 0. The van der Waals surface area contributed by atoms with Crippen molar-refractivity contribution in [3.63, 3.8) is 0 Å². The summed E-state index contributed by atoms with van der Waals surface area (Å²) in [5, 5.41) is 3.13. The first-order valence-electron chi connectivity index (χ1n) is 6.13. The topological polar surface area (TPSA) is 55.1 Å². The van der Waals surface area contributed by atoms with Gasteiger partial charge in [0.1, 0.15) is 17.2 Å². The van der Waals surface area contributed by atoms with E-state index in [2.05, 4.69) is 5.32 Å². The van der Waals surface area contributed by atoms with Crippen molar-refractivity contribution in [1.29, 1.82) is 0 Å².